The molecule has 0 amide bonds. The van der Waals surface area contributed by atoms with Gasteiger partial charge in [-0.25, -0.2) is 13.2 Å². The molecule has 2 aromatic carbocycles. The molecule has 0 fully saturated rings. The standard InChI is InChI=1S/C15H13BrF3N/c1-8-6-13(19)9(7-12(8)18)15(20-2)14-10(16)4-3-5-11(14)17/h3-7,15,20H,1-2H3. The van der Waals surface area contributed by atoms with E-state index in [-0.39, 0.29) is 16.7 Å². The first kappa shape index (κ1) is 15.1. The number of hydrogen-bond donors (Lipinski definition) is 1. The Morgan fingerprint density at radius 1 is 1.05 bits per heavy atom. The van der Waals surface area contributed by atoms with Crippen LogP contribution in [0.25, 0.3) is 0 Å². The highest BCUT2D eigenvalue weighted by Crippen LogP contribution is 2.32. The summed E-state index contributed by atoms with van der Waals surface area (Å²) in [5.41, 5.74) is 0.534. The van der Waals surface area contributed by atoms with E-state index in [9.17, 15) is 13.2 Å². The number of rotatable bonds is 3. The molecule has 2 aromatic rings. The van der Waals surface area contributed by atoms with Gasteiger partial charge in [0.1, 0.15) is 17.5 Å². The van der Waals surface area contributed by atoms with Crippen LogP contribution in [-0.4, -0.2) is 7.05 Å². The highest BCUT2D eigenvalue weighted by atomic mass is 79.9. The Labute approximate surface area is 123 Å². The average Bonchev–Trinajstić information content (AvgIpc) is 2.39. The zero-order valence-corrected chi connectivity index (χ0v) is 12.6. The van der Waals surface area contributed by atoms with Crippen molar-refractivity contribution in [2.75, 3.05) is 7.05 Å². The Morgan fingerprint density at radius 2 is 1.75 bits per heavy atom. The van der Waals surface area contributed by atoms with E-state index in [2.05, 4.69) is 21.2 Å². The molecule has 0 aliphatic heterocycles. The van der Waals surface area contributed by atoms with Gasteiger partial charge in [-0.15, -0.1) is 0 Å². The van der Waals surface area contributed by atoms with E-state index in [0.717, 1.165) is 12.1 Å². The molecule has 1 nitrogen and oxygen atoms in total. The maximum atomic E-state index is 14.1. The minimum absolute atomic E-state index is 0.0707. The first-order chi connectivity index (χ1) is 9.45. The van der Waals surface area contributed by atoms with Crippen LogP contribution in [0.4, 0.5) is 13.2 Å². The molecule has 0 aliphatic rings. The summed E-state index contributed by atoms with van der Waals surface area (Å²) in [6, 6.07) is 5.93. The summed E-state index contributed by atoms with van der Waals surface area (Å²) in [5.74, 6) is -1.58. The molecular formula is C15H13BrF3N. The van der Waals surface area contributed by atoms with Crippen LogP contribution in [0.5, 0.6) is 0 Å². The summed E-state index contributed by atoms with van der Waals surface area (Å²) in [4.78, 5) is 0. The highest BCUT2D eigenvalue weighted by Gasteiger charge is 2.23. The van der Waals surface area contributed by atoms with Crippen LogP contribution in [-0.2, 0) is 0 Å². The summed E-state index contributed by atoms with van der Waals surface area (Å²) in [7, 11) is 1.57. The number of aryl methyl sites for hydroxylation is 1. The Bertz CT molecular complexity index is 623. The molecule has 0 saturated heterocycles. The fourth-order valence-corrected chi connectivity index (χ4v) is 2.70. The summed E-state index contributed by atoms with van der Waals surface area (Å²) in [6.07, 6.45) is 0. The van der Waals surface area contributed by atoms with Crippen LogP contribution in [0.3, 0.4) is 0 Å². The van der Waals surface area contributed by atoms with Gasteiger partial charge in [-0.3, -0.25) is 0 Å². The van der Waals surface area contributed by atoms with Gasteiger partial charge in [-0.1, -0.05) is 22.0 Å². The lowest BCUT2D eigenvalue weighted by atomic mass is 9.96. The summed E-state index contributed by atoms with van der Waals surface area (Å²) in [6.45, 7) is 1.48. The van der Waals surface area contributed by atoms with Crippen molar-refractivity contribution in [3.05, 3.63) is 68.9 Å². The molecule has 0 bridgehead atoms. The average molecular weight is 344 g/mol. The van der Waals surface area contributed by atoms with E-state index in [1.165, 1.54) is 13.0 Å². The third-order valence-corrected chi connectivity index (χ3v) is 3.86. The molecule has 1 atom stereocenters. The molecule has 0 aliphatic carbocycles. The van der Waals surface area contributed by atoms with Crippen molar-refractivity contribution in [3.63, 3.8) is 0 Å². The Kier molecular flexibility index (Phi) is 4.50. The molecule has 106 valence electrons. The molecular weight excluding hydrogens is 331 g/mol. The van der Waals surface area contributed by atoms with E-state index >= 15 is 0 Å². The zero-order chi connectivity index (χ0) is 14.9. The fraction of sp³-hybridized carbons (Fsp3) is 0.200. The smallest absolute Gasteiger partial charge is 0.129 e. The maximum Gasteiger partial charge on any atom is 0.129 e. The van der Waals surface area contributed by atoms with Gasteiger partial charge in [-0.05, 0) is 43.8 Å². The molecule has 1 unspecified atom stereocenters. The van der Waals surface area contributed by atoms with Gasteiger partial charge in [0.2, 0.25) is 0 Å². The Morgan fingerprint density at radius 3 is 2.35 bits per heavy atom. The lowest BCUT2D eigenvalue weighted by molar-refractivity contribution is 0.533. The Hall–Kier alpha value is -1.33. The van der Waals surface area contributed by atoms with E-state index in [1.807, 2.05) is 0 Å². The molecule has 1 N–H and O–H groups in total. The normalized spacial score (nSPS) is 12.5. The first-order valence-electron chi connectivity index (χ1n) is 6.02. The van der Waals surface area contributed by atoms with Crippen LogP contribution in [0, 0.1) is 24.4 Å². The summed E-state index contributed by atoms with van der Waals surface area (Å²) < 4.78 is 42.2. The predicted octanol–water partition coefficient (Wildman–Crippen LogP) is 4.48. The van der Waals surface area contributed by atoms with Crippen molar-refractivity contribution in [2.24, 2.45) is 0 Å². The number of benzene rings is 2. The van der Waals surface area contributed by atoms with E-state index in [1.54, 1.807) is 19.2 Å². The zero-order valence-electron chi connectivity index (χ0n) is 11.0. The third kappa shape index (κ3) is 2.74. The predicted molar refractivity (Wildman–Crippen MR) is 76.1 cm³/mol. The molecule has 0 heterocycles. The second-order valence-electron chi connectivity index (χ2n) is 4.48. The number of halogens is 4. The monoisotopic (exact) mass is 343 g/mol. The van der Waals surface area contributed by atoms with Crippen LogP contribution < -0.4 is 5.32 Å². The van der Waals surface area contributed by atoms with Crippen LogP contribution in [0.2, 0.25) is 0 Å². The largest absolute Gasteiger partial charge is 0.309 e. The molecule has 0 spiro atoms. The first-order valence-corrected chi connectivity index (χ1v) is 6.81. The fourth-order valence-electron chi connectivity index (χ4n) is 2.12. The Balaban J connectivity index is 2.62. The second kappa shape index (κ2) is 5.97. The van der Waals surface area contributed by atoms with E-state index in [0.29, 0.717) is 4.47 Å². The molecule has 20 heavy (non-hydrogen) atoms. The van der Waals surface area contributed by atoms with Crippen molar-refractivity contribution < 1.29 is 13.2 Å². The lowest BCUT2D eigenvalue weighted by Gasteiger charge is -2.20. The quantitative estimate of drug-likeness (QED) is 0.866. The molecule has 0 saturated carbocycles. The number of nitrogens with one attached hydrogen (secondary N) is 1. The molecule has 0 aromatic heterocycles. The maximum absolute atomic E-state index is 14.1. The van der Waals surface area contributed by atoms with E-state index in [4.69, 9.17) is 0 Å². The third-order valence-electron chi connectivity index (χ3n) is 3.17. The highest BCUT2D eigenvalue weighted by molar-refractivity contribution is 9.10. The lowest BCUT2D eigenvalue weighted by Crippen LogP contribution is -2.21. The van der Waals surface area contributed by atoms with Crippen LogP contribution in [0.1, 0.15) is 22.7 Å². The van der Waals surface area contributed by atoms with Crippen LogP contribution >= 0.6 is 15.9 Å². The van der Waals surface area contributed by atoms with Gasteiger partial charge < -0.3 is 5.32 Å². The number of hydrogen-bond acceptors (Lipinski definition) is 1. The van der Waals surface area contributed by atoms with Gasteiger partial charge in [0, 0.05) is 15.6 Å². The molecule has 0 radical (unpaired) electrons. The van der Waals surface area contributed by atoms with Crippen molar-refractivity contribution in [2.45, 2.75) is 13.0 Å². The van der Waals surface area contributed by atoms with Gasteiger partial charge >= 0.3 is 0 Å². The van der Waals surface area contributed by atoms with Gasteiger partial charge in [0.05, 0.1) is 6.04 Å². The van der Waals surface area contributed by atoms with Crippen LogP contribution in [0.15, 0.2) is 34.8 Å². The van der Waals surface area contributed by atoms with Crippen molar-refractivity contribution in [3.8, 4) is 0 Å². The minimum atomic E-state index is -0.777. The van der Waals surface area contributed by atoms with Gasteiger partial charge in [0.15, 0.2) is 0 Å². The van der Waals surface area contributed by atoms with E-state index < -0.39 is 23.5 Å². The van der Waals surface area contributed by atoms with Crippen molar-refractivity contribution in [1.29, 1.82) is 0 Å². The topological polar surface area (TPSA) is 12.0 Å². The SMILES string of the molecule is CNC(c1cc(F)c(C)cc1F)c1c(F)cccc1Br. The minimum Gasteiger partial charge on any atom is -0.309 e. The van der Waals surface area contributed by atoms with Crippen molar-refractivity contribution in [1.82, 2.24) is 5.32 Å². The second-order valence-corrected chi connectivity index (χ2v) is 5.33. The molecule has 2 rings (SSSR count). The molecule has 5 heteroatoms. The summed E-state index contributed by atoms with van der Waals surface area (Å²) in [5, 5.41) is 2.83. The van der Waals surface area contributed by atoms with Gasteiger partial charge in [-0.2, -0.15) is 0 Å². The summed E-state index contributed by atoms with van der Waals surface area (Å²) >= 11 is 3.25. The van der Waals surface area contributed by atoms with Gasteiger partial charge in [0.25, 0.3) is 0 Å². The van der Waals surface area contributed by atoms with Crippen molar-refractivity contribution >= 4 is 15.9 Å².